The molecule has 1 atom stereocenters. The number of ether oxygens (including phenoxy) is 1. The molecule has 2 nitrogen and oxygen atoms in total. The Labute approximate surface area is 126 Å². The van der Waals surface area contributed by atoms with E-state index in [4.69, 9.17) is 4.74 Å². The van der Waals surface area contributed by atoms with Crippen molar-refractivity contribution in [3.05, 3.63) is 34.3 Å². The van der Waals surface area contributed by atoms with Gasteiger partial charge in [-0.05, 0) is 29.5 Å². The van der Waals surface area contributed by atoms with Crippen LogP contribution in [0.4, 0.5) is 0 Å². The number of benzene rings is 1. The summed E-state index contributed by atoms with van der Waals surface area (Å²) in [6.07, 6.45) is 2.44. The summed E-state index contributed by atoms with van der Waals surface area (Å²) in [4.78, 5) is 0. The molecule has 0 heterocycles. The highest BCUT2D eigenvalue weighted by atomic mass is 79.9. The highest BCUT2D eigenvalue weighted by molar-refractivity contribution is 9.10. The number of hydrogen-bond donors (Lipinski definition) is 1. The third-order valence-corrected chi connectivity index (χ3v) is 4.24. The van der Waals surface area contributed by atoms with Gasteiger partial charge in [-0.3, -0.25) is 0 Å². The van der Waals surface area contributed by atoms with E-state index < -0.39 is 0 Å². The molecule has 0 radical (unpaired) electrons. The van der Waals surface area contributed by atoms with Crippen LogP contribution in [-0.4, -0.2) is 26.8 Å². The van der Waals surface area contributed by atoms with E-state index in [-0.39, 0.29) is 0 Å². The van der Waals surface area contributed by atoms with Gasteiger partial charge in [-0.2, -0.15) is 0 Å². The lowest BCUT2D eigenvalue weighted by Crippen LogP contribution is -2.28. The molecular weight excluding hydrogens is 302 g/mol. The molecule has 1 unspecified atom stereocenters. The molecule has 0 amide bonds. The minimum Gasteiger partial charge on any atom is -0.383 e. The van der Waals surface area contributed by atoms with Crippen molar-refractivity contribution in [3.63, 3.8) is 0 Å². The van der Waals surface area contributed by atoms with Crippen molar-refractivity contribution in [2.45, 2.75) is 32.6 Å². The fourth-order valence-corrected chi connectivity index (χ4v) is 3.00. The monoisotopic (exact) mass is 327 g/mol. The minimum atomic E-state index is 0.573. The second-order valence-corrected chi connectivity index (χ2v) is 5.85. The molecule has 0 spiro atoms. The summed E-state index contributed by atoms with van der Waals surface area (Å²) in [6.45, 7) is 7.28. The molecule has 1 N–H and O–H groups in total. The molecule has 19 heavy (non-hydrogen) atoms. The van der Waals surface area contributed by atoms with Crippen molar-refractivity contribution >= 4 is 15.9 Å². The first-order valence-corrected chi connectivity index (χ1v) is 7.97. The Morgan fingerprint density at radius 2 is 2.00 bits per heavy atom. The molecule has 1 aromatic rings. The number of rotatable bonds is 9. The van der Waals surface area contributed by atoms with Crippen molar-refractivity contribution in [1.29, 1.82) is 0 Å². The van der Waals surface area contributed by atoms with Crippen LogP contribution in [0.5, 0.6) is 0 Å². The maximum absolute atomic E-state index is 5.09. The summed E-state index contributed by atoms with van der Waals surface area (Å²) in [7, 11) is 1.74. The van der Waals surface area contributed by atoms with E-state index in [2.05, 4.69) is 59.4 Å². The summed E-state index contributed by atoms with van der Waals surface area (Å²) >= 11 is 3.58. The second-order valence-electron chi connectivity index (χ2n) is 4.93. The summed E-state index contributed by atoms with van der Waals surface area (Å²) in [6, 6.07) is 8.71. The highest BCUT2D eigenvalue weighted by Crippen LogP contribution is 2.30. The fraction of sp³-hybridized carbons (Fsp3) is 0.625. The van der Waals surface area contributed by atoms with E-state index in [9.17, 15) is 0 Å². The van der Waals surface area contributed by atoms with Crippen LogP contribution in [0.3, 0.4) is 0 Å². The molecule has 1 rings (SSSR count). The van der Waals surface area contributed by atoms with Crippen LogP contribution in [-0.2, 0) is 4.74 Å². The summed E-state index contributed by atoms with van der Waals surface area (Å²) in [5.41, 5.74) is 1.42. The Hall–Kier alpha value is -0.380. The number of nitrogens with one attached hydrogen (secondary N) is 1. The predicted octanol–water partition coefficient (Wildman–Crippen LogP) is 4.20. The minimum absolute atomic E-state index is 0.573. The predicted molar refractivity (Wildman–Crippen MR) is 85.7 cm³/mol. The number of hydrogen-bond acceptors (Lipinski definition) is 2. The maximum atomic E-state index is 5.09. The van der Waals surface area contributed by atoms with Crippen LogP contribution < -0.4 is 5.32 Å². The standard InChI is InChI=1S/C16H26BrNO/c1-4-13(5-2)16(12-18-9-10-19-3)14-7-6-8-15(17)11-14/h6-8,11,13,16,18H,4-5,9-10,12H2,1-3H3. The Morgan fingerprint density at radius 1 is 1.26 bits per heavy atom. The highest BCUT2D eigenvalue weighted by Gasteiger charge is 2.20. The first kappa shape index (κ1) is 16.7. The molecule has 3 heteroatoms. The normalized spacial score (nSPS) is 12.9. The molecule has 108 valence electrons. The average Bonchev–Trinajstić information content (AvgIpc) is 2.42. The Kier molecular flexibility index (Phi) is 8.35. The zero-order valence-corrected chi connectivity index (χ0v) is 13.9. The van der Waals surface area contributed by atoms with Crippen molar-refractivity contribution in [2.24, 2.45) is 5.92 Å². The van der Waals surface area contributed by atoms with Crippen molar-refractivity contribution in [2.75, 3.05) is 26.8 Å². The molecule has 0 aliphatic carbocycles. The van der Waals surface area contributed by atoms with Crippen LogP contribution in [0.25, 0.3) is 0 Å². The lowest BCUT2D eigenvalue weighted by Gasteiger charge is -2.26. The van der Waals surface area contributed by atoms with Crippen LogP contribution in [0, 0.1) is 5.92 Å². The number of halogens is 1. The van der Waals surface area contributed by atoms with Gasteiger partial charge in [0.05, 0.1) is 6.61 Å². The quantitative estimate of drug-likeness (QED) is 0.686. The fourth-order valence-electron chi connectivity index (χ4n) is 2.58. The van der Waals surface area contributed by atoms with Gasteiger partial charge in [0.2, 0.25) is 0 Å². The van der Waals surface area contributed by atoms with E-state index in [1.54, 1.807) is 7.11 Å². The molecule has 0 aliphatic heterocycles. The third-order valence-electron chi connectivity index (χ3n) is 3.74. The molecule has 1 aromatic carbocycles. The van der Waals surface area contributed by atoms with Crippen LogP contribution in [0.1, 0.15) is 38.2 Å². The molecule has 0 fully saturated rings. The molecular formula is C16H26BrNO. The van der Waals surface area contributed by atoms with Gasteiger partial charge in [0, 0.05) is 24.7 Å². The first-order chi connectivity index (χ1) is 9.22. The van der Waals surface area contributed by atoms with Gasteiger partial charge in [0.15, 0.2) is 0 Å². The molecule has 0 saturated carbocycles. The third kappa shape index (κ3) is 5.64. The largest absolute Gasteiger partial charge is 0.383 e. The zero-order chi connectivity index (χ0) is 14.1. The van der Waals surface area contributed by atoms with Gasteiger partial charge in [-0.15, -0.1) is 0 Å². The van der Waals surface area contributed by atoms with Gasteiger partial charge in [-0.25, -0.2) is 0 Å². The summed E-state index contributed by atoms with van der Waals surface area (Å²) < 4.78 is 6.26. The number of methoxy groups -OCH3 is 1. The molecule has 0 aromatic heterocycles. The van der Waals surface area contributed by atoms with Gasteiger partial charge in [-0.1, -0.05) is 54.8 Å². The van der Waals surface area contributed by atoms with E-state index in [1.165, 1.54) is 18.4 Å². The van der Waals surface area contributed by atoms with E-state index in [0.29, 0.717) is 5.92 Å². The first-order valence-electron chi connectivity index (χ1n) is 7.18. The van der Waals surface area contributed by atoms with Crippen molar-refractivity contribution < 1.29 is 4.74 Å². The molecule has 0 aliphatic rings. The van der Waals surface area contributed by atoms with Crippen molar-refractivity contribution in [1.82, 2.24) is 5.32 Å². The van der Waals surface area contributed by atoms with Gasteiger partial charge in [0.25, 0.3) is 0 Å². The summed E-state index contributed by atoms with van der Waals surface area (Å²) in [5.74, 6) is 1.30. The van der Waals surface area contributed by atoms with Gasteiger partial charge >= 0.3 is 0 Å². The van der Waals surface area contributed by atoms with Gasteiger partial charge in [0.1, 0.15) is 0 Å². The van der Waals surface area contributed by atoms with Crippen LogP contribution in [0.2, 0.25) is 0 Å². The smallest absolute Gasteiger partial charge is 0.0587 e. The molecule has 0 bridgehead atoms. The second kappa shape index (κ2) is 9.51. The molecule has 0 saturated heterocycles. The lowest BCUT2D eigenvalue weighted by molar-refractivity contribution is 0.197. The van der Waals surface area contributed by atoms with E-state index >= 15 is 0 Å². The Balaban J connectivity index is 2.73. The Bertz CT molecular complexity index is 352. The Morgan fingerprint density at radius 3 is 2.58 bits per heavy atom. The summed E-state index contributed by atoms with van der Waals surface area (Å²) in [5, 5.41) is 3.51. The van der Waals surface area contributed by atoms with Crippen LogP contribution in [0.15, 0.2) is 28.7 Å². The van der Waals surface area contributed by atoms with E-state index in [1.807, 2.05) is 0 Å². The maximum Gasteiger partial charge on any atom is 0.0587 e. The van der Waals surface area contributed by atoms with E-state index in [0.717, 1.165) is 30.1 Å². The zero-order valence-electron chi connectivity index (χ0n) is 12.3. The SMILES string of the molecule is CCC(CC)C(CNCCOC)c1cccc(Br)c1. The average molecular weight is 328 g/mol. The topological polar surface area (TPSA) is 21.3 Å². The van der Waals surface area contributed by atoms with Crippen molar-refractivity contribution in [3.8, 4) is 0 Å². The van der Waals surface area contributed by atoms with Crippen LogP contribution >= 0.6 is 15.9 Å². The van der Waals surface area contributed by atoms with Gasteiger partial charge < -0.3 is 10.1 Å². The lowest BCUT2D eigenvalue weighted by atomic mass is 9.82.